The van der Waals surface area contributed by atoms with Crippen LogP contribution >= 0.6 is 0 Å². The number of carboxylic acid groups (broad SMARTS) is 1. The number of aromatic nitrogens is 1. The molecule has 0 fully saturated rings. The molecule has 1 heterocycles. The summed E-state index contributed by atoms with van der Waals surface area (Å²) in [6.07, 6.45) is -2.54. The maximum Gasteiger partial charge on any atom is 0.361 e. The molecule has 0 spiro atoms. The van der Waals surface area contributed by atoms with Gasteiger partial charge in [0.1, 0.15) is 5.56 Å². The lowest BCUT2D eigenvalue weighted by molar-refractivity contribution is -0.387. The molecule has 0 unspecified atom stereocenters. The van der Waals surface area contributed by atoms with Crippen LogP contribution in [0.4, 0.5) is 14.5 Å². The number of pyridine rings is 1. The third-order valence-corrected chi connectivity index (χ3v) is 1.88. The van der Waals surface area contributed by atoms with Gasteiger partial charge in [0.25, 0.3) is 6.43 Å². The van der Waals surface area contributed by atoms with Crippen LogP contribution in [0.5, 0.6) is 5.75 Å². The molecule has 0 bridgehead atoms. The Kier molecular flexibility index (Phi) is 3.51. The molecule has 17 heavy (non-hydrogen) atoms. The molecule has 0 saturated heterocycles. The minimum atomic E-state index is -3.24. The van der Waals surface area contributed by atoms with Crippen molar-refractivity contribution in [3.63, 3.8) is 0 Å². The Morgan fingerprint density at radius 1 is 1.65 bits per heavy atom. The normalized spacial score (nSPS) is 10.4. The average molecular weight is 248 g/mol. The highest BCUT2D eigenvalue weighted by Crippen LogP contribution is 2.37. The molecule has 1 N–H and O–H groups in total. The number of methoxy groups -OCH3 is 1. The number of nitro groups is 1. The maximum atomic E-state index is 12.7. The molecule has 1 aromatic rings. The highest BCUT2D eigenvalue weighted by Gasteiger charge is 2.34. The van der Waals surface area contributed by atoms with E-state index in [4.69, 9.17) is 5.11 Å². The van der Waals surface area contributed by atoms with E-state index < -0.39 is 40.0 Å². The van der Waals surface area contributed by atoms with Crippen LogP contribution in [-0.4, -0.2) is 28.1 Å². The number of hydrogen-bond donors (Lipinski definition) is 1. The molecule has 0 saturated carbocycles. The van der Waals surface area contributed by atoms with Gasteiger partial charge in [-0.1, -0.05) is 0 Å². The number of hydrogen-bond acceptors (Lipinski definition) is 5. The van der Waals surface area contributed by atoms with Gasteiger partial charge in [-0.05, 0) is 0 Å². The van der Waals surface area contributed by atoms with Gasteiger partial charge in [0.2, 0.25) is 5.69 Å². The van der Waals surface area contributed by atoms with Crippen LogP contribution in [0.25, 0.3) is 0 Å². The summed E-state index contributed by atoms with van der Waals surface area (Å²) in [5.41, 5.74) is -3.40. The van der Waals surface area contributed by atoms with Crippen LogP contribution in [0.3, 0.4) is 0 Å². The highest BCUT2D eigenvalue weighted by atomic mass is 19.3. The van der Waals surface area contributed by atoms with Gasteiger partial charge < -0.3 is 9.84 Å². The fraction of sp³-hybridized carbons (Fsp3) is 0.250. The first-order chi connectivity index (χ1) is 7.90. The number of carboxylic acids is 1. The topological polar surface area (TPSA) is 103 Å². The van der Waals surface area contributed by atoms with Gasteiger partial charge in [0.15, 0.2) is 5.75 Å². The minimum Gasteiger partial charge on any atom is -0.494 e. The van der Waals surface area contributed by atoms with Crippen LogP contribution in [0.15, 0.2) is 6.20 Å². The molecule has 1 rings (SSSR count). The van der Waals surface area contributed by atoms with Crippen LogP contribution < -0.4 is 4.74 Å². The van der Waals surface area contributed by atoms with E-state index in [1.165, 1.54) is 0 Å². The second kappa shape index (κ2) is 4.68. The average Bonchev–Trinajstić information content (AvgIpc) is 2.26. The molecule has 0 atom stereocenters. The van der Waals surface area contributed by atoms with E-state index in [1.54, 1.807) is 0 Å². The van der Waals surface area contributed by atoms with Crippen molar-refractivity contribution in [2.75, 3.05) is 7.11 Å². The summed E-state index contributed by atoms with van der Waals surface area (Å²) in [4.78, 5) is 23.3. The van der Waals surface area contributed by atoms with Gasteiger partial charge in [0, 0.05) is 0 Å². The van der Waals surface area contributed by atoms with Crippen molar-refractivity contribution in [1.29, 1.82) is 0 Å². The van der Waals surface area contributed by atoms with E-state index in [0.717, 1.165) is 7.11 Å². The Morgan fingerprint density at radius 3 is 2.59 bits per heavy atom. The number of nitrogens with zero attached hydrogens (tertiary/aromatic N) is 2. The zero-order chi connectivity index (χ0) is 13.2. The number of aromatic carboxylic acids is 1. The fourth-order valence-corrected chi connectivity index (χ4v) is 1.21. The Labute approximate surface area is 92.8 Å². The molecule has 92 valence electrons. The summed E-state index contributed by atoms with van der Waals surface area (Å²) in [6.45, 7) is 0. The second-order valence-electron chi connectivity index (χ2n) is 2.80. The molecule has 0 amide bonds. The van der Waals surface area contributed by atoms with E-state index in [2.05, 4.69) is 9.72 Å². The first kappa shape index (κ1) is 12.7. The number of alkyl halides is 2. The van der Waals surface area contributed by atoms with Gasteiger partial charge in [0.05, 0.1) is 18.2 Å². The Balaban J connectivity index is 3.65. The van der Waals surface area contributed by atoms with E-state index in [0.29, 0.717) is 6.20 Å². The monoisotopic (exact) mass is 248 g/mol. The summed E-state index contributed by atoms with van der Waals surface area (Å²) in [5.74, 6) is -2.29. The lowest BCUT2D eigenvalue weighted by Crippen LogP contribution is -2.10. The van der Waals surface area contributed by atoms with Gasteiger partial charge in [-0.25, -0.2) is 18.6 Å². The van der Waals surface area contributed by atoms with Crippen molar-refractivity contribution >= 4 is 11.7 Å². The smallest absolute Gasteiger partial charge is 0.361 e. The Bertz CT molecular complexity index is 477. The zero-order valence-corrected chi connectivity index (χ0v) is 8.39. The Hall–Kier alpha value is -2.32. The SMILES string of the molecule is COc1cnc(C(=O)O)c([N+](=O)[O-])c1C(F)F. The molecule has 9 heteroatoms. The van der Waals surface area contributed by atoms with Crippen molar-refractivity contribution in [1.82, 2.24) is 4.98 Å². The van der Waals surface area contributed by atoms with Gasteiger partial charge in [-0.2, -0.15) is 0 Å². The molecular weight excluding hydrogens is 242 g/mol. The summed E-state index contributed by atoms with van der Waals surface area (Å²) in [5, 5.41) is 19.3. The molecular formula is C8H6F2N2O5. The molecule has 7 nitrogen and oxygen atoms in total. The van der Waals surface area contributed by atoms with Crippen molar-refractivity contribution in [3.8, 4) is 5.75 Å². The first-order valence-electron chi connectivity index (χ1n) is 4.12. The lowest BCUT2D eigenvalue weighted by Gasteiger charge is -2.08. The summed E-state index contributed by atoms with van der Waals surface area (Å²) in [6, 6.07) is 0. The molecule has 1 aromatic heterocycles. The molecule has 0 radical (unpaired) electrons. The fourth-order valence-electron chi connectivity index (χ4n) is 1.21. The minimum absolute atomic E-state index is 0.531. The largest absolute Gasteiger partial charge is 0.494 e. The predicted octanol–water partition coefficient (Wildman–Crippen LogP) is 1.63. The van der Waals surface area contributed by atoms with Crippen molar-refractivity contribution in [2.24, 2.45) is 0 Å². The number of carbonyl (C=O) groups is 1. The molecule has 0 aromatic carbocycles. The molecule has 0 aliphatic heterocycles. The van der Waals surface area contributed by atoms with Crippen LogP contribution in [0, 0.1) is 10.1 Å². The van der Waals surface area contributed by atoms with E-state index in [9.17, 15) is 23.7 Å². The highest BCUT2D eigenvalue weighted by molar-refractivity contribution is 5.91. The first-order valence-corrected chi connectivity index (χ1v) is 4.12. The standard InChI is InChI=1S/C8H6F2N2O5/c1-17-3-2-11-5(8(13)14)6(12(15)16)4(3)7(9)10/h2,7H,1H3,(H,13,14). The zero-order valence-electron chi connectivity index (χ0n) is 8.39. The summed E-state index contributed by atoms with van der Waals surface area (Å²) >= 11 is 0. The van der Waals surface area contributed by atoms with E-state index >= 15 is 0 Å². The van der Waals surface area contributed by atoms with E-state index in [1.807, 2.05) is 0 Å². The van der Waals surface area contributed by atoms with Gasteiger partial charge in [-0.15, -0.1) is 0 Å². The van der Waals surface area contributed by atoms with Crippen molar-refractivity contribution < 1.29 is 28.3 Å². The molecule has 0 aliphatic rings. The van der Waals surface area contributed by atoms with Crippen LogP contribution in [-0.2, 0) is 0 Å². The van der Waals surface area contributed by atoms with Crippen molar-refractivity contribution in [2.45, 2.75) is 6.43 Å². The van der Waals surface area contributed by atoms with Crippen molar-refractivity contribution in [3.05, 3.63) is 27.6 Å². The van der Waals surface area contributed by atoms with Crippen LogP contribution in [0.2, 0.25) is 0 Å². The summed E-state index contributed by atoms with van der Waals surface area (Å²) < 4.78 is 29.8. The maximum absolute atomic E-state index is 12.7. The van der Waals surface area contributed by atoms with Gasteiger partial charge in [-0.3, -0.25) is 10.1 Å². The molecule has 0 aliphatic carbocycles. The number of rotatable bonds is 4. The third-order valence-electron chi connectivity index (χ3n) is 1.88. The van der Waals surface area contributed by atoms with Crippen LogP contribution in [0.1, 0.15) is 22.5 Å². The Morgan fingerprint density at radius 2 is 2.24 bits per heavy atom. The predicted molar refractivity (Wildman–Crippen MR) is 49.4 cm³/mol. The lowest BCUT2D eigenvalue weighted by atomic mass is 10.1. The number of ether oxygens (including phenoxy) is 1. The summed E-state index contributed by atoms with van der Waals surface area (Å²) in [7, 11) is 1.02. The second-order valence-corrected chi connectivity index (χ2v) is 2.80. The van der Waals surface area contributed by atoms with E-state index in [-0.39, 0.29) is 0 Å². The van der Waals surface area contributed by atoms with Gasteiger partial charge >= 0.3 is 11.7 Å². The quantitative estimate of drug-likeness (QED) is 0.641. The third kappa shape index (κ3) is 2.27. The number of halogens is 2.